The Morgan fingerprint density at radius 1 is 1.65 bits per heavy atom. The fourth-order valence-electron chi connectivity index (χ4n) is 2.24. The number of hydrogen-bond acceptors (Lipinski definition) is 5. The molecule has 1 aliphatic carbocycles. The fourth-order valence-corrected chi connectivity index (χ4v) is 2.97. The van der Waals surface area contributed by atoms with Crippen LogP contribution in [0.3, 0.4) is 0 Å². The van der Waals surface area contributed by atoms with Gasteiger partial charge in [0.05, 0.1) is 11.0 Å². The molecule has 2 atom stereocenters. The van der Waals surface area contributed by atoms with Crippen molar-refractivity contribution in [3.63, 3.8) is 0 Å². The SMILES string of the molecule is COC1CCCC1NCc1csc([N+](=O)[O-])c1. The zero-order valence-corrected chi connectivity index (χ0v) is 10.5. The summed E-state index contributed by atoms with van der Waals surface area (Å²) in [6.45, 7) is 0.675. The average Bonchev–Trinajstić information content (AvgIpc) is 2.95. The number of thiophene rings is 1. The van der Waals surface area contributed by atoms with Gasteiger partial charge < -0.3 is 10.1 Å². The van der Waals surface area contributed by atoms with Gasteiger partial charge in [0.1, 0.15) is 0 Å². The molecule has 2 rings (SSSR count). The van der Waals surface area contributed by atoms with Crippen LogP contribution in [0.1, 0.15) is 24.8 Å². The van der Waals surface area contributed by atoms with E-state index in [4.69, 9.17) is 4.74 Å². The van der Waals surface area contributed by atoms with Crippen molar-refractivity contribution in [2.24, 2.45) is 0 Å². The van der Waals surface area contributed by atoms with Gasteiger partial charge in [0, 0.05) is 31.1 Å². The molecule has 2 unspecified atom stereocenters. The maximum Gasteiger partial charge on any atom is 0.324 e. The quantitative estimate of drug-likeness (QED) is 0.648. The fraction of sp³-hybridized carbons (Fsp3) is 0.636. The lowest BCUT2D eigenvalue weighted by atomic mass is 10.2. The van der Waals surface area contributed by atoms with E-state index in [1.807, 2.05) is 5.38 Å². The third-order valence-electron chi connectivity index (χ3n) is 3.14. The van der Waals surface area contributed by atoms with Crippen molar-refractivity contribution in [1.82, 2.24) is 5.32 Å². The Balaban J connectivity index is 1.86. The number of ether oxygens (including phenoxy) is 1. The van der Waals surface area contributed by atoms with Crippen LogP contribution in [-0.2, 0) is 11.3 Å². The lowest BCUT2D eigenvalue weighted by molar-refractivity contribution is -0.380. The van der Waals surface area contributed by atoms with E-state index < -0.39 is 0 Å². The highest BCUT2D eigenvalue weighted by atomic mass is 32.1. The van der Waals surface area contributed by atoms with Crippen LogP contribution in [0.5, 0.6) is 0 Å². The Kier molecular flexibility index (Phi) is 4.09. The number of nitro groups is 1. The van der Waals surface area contributed by atoms with Crippen molar-refractivity contribution >= 4 is 16.3 Å². The van der Waals surface area contributed by atoms with Crippen LogP contribution in [0, 0.1) is 10.1 Å². The second kappa shape index (κ2) is 5.57. The second-order valence-electron chi connectivity index (χ2n) is 4.24. The molecule has 1 fully saturated rings. The summed E-state index contributed by atoms with van der Waals surface area (Å²) < 4.78 is 5.39. The highest BCUT2D eigenvalue weighted by Gasteiger charge is 2.26. The first kappa shape index (κ1) is 12.5. The Morgan fingerprint density at radius 3 is 3.12 bits per heavy atom. The predicted molar refractivity (Wildman–Crippen MR) is 66.2 cm³/mol. The molecule has 0 amide bonds. The van der Waals surface area contributed by atoms with Crippen LogP contribution in [0.4, 0.5) is 5.00 Å². The number of hydrogen-bond donors (Lipinski definition) is 1. The summed E-state index contributed by atoms with van der Waals surface area (Å²) in [4.78, 5) is 10.2. The van der Waals surface area contributed by atoms with Gasteiger partial charge in [-0.15, -0.1) is 0 Å². The molecule has 0 aromatic carbocycles. The van der Waals surface area contributed by atoms with Gasteiger partial charge in [-0.2, -0.15) is 0 Å². The molecule has 0 saturated heterocycles. The minimum Gasteiger partial charge on any atom is -0.380 e. The van der Waals surface area contributed by atoms with Crippen LogP contribution in [0.2, 0.25) is 0 Å². The highest BCUT2D eigenvalue weighted by molar-refractivity contribution is 7.13. The van der Waals surface area contributed by atoms with E-state index in [-0.39, 0.29) is 16.0 Å². The number of methoxy groups -OCH3 is 1. The van der Waals surface area contributed by atoms with E-state index in [0.29, 0.717) is 12.6 Å². The van der Waals surface area contributed by atoms with Gasteiger partial charge in [-0.05, 0) is 24.8 Å². The molecule has 6 heteroatoms. The van der Waals surface area contributed by atoms with Crippen LogP contribution in [-0.4, -0.2) is 24.2 Å². The van der Waals surface area contributed by atoms with Crippen molar-refractivity contribution in [3.05, 3.63) is 27.1 Å². The first-order valence-electron chi connectivity index (χ1n) is 5.68. The zero-order chi connectivity index (χ0) is 12.3. The van der Waals surface area contributed by atoms with Crippen LogP contribution < -0.4 is 5.32 Å². The summed E-state index contributed by atoms with van der Waals surface area (Å²) in [7, 11) is 1.74. The Bertz CT molecular complexity index is 394. The molecule has 0 aliphatic heterocycles. The Hall–Kier alpha value is -0.980. The van der Waals surface area contributed by atoms with Gasteiger partial charge >= 0.3 is 5.00 Å². The van der Waals surface area contributed by atoms with Gasteiger partial charge in [0.2, 0.25) is 0 Å². The van der Waals surface area contributed by atoms with Crippen molar-refractivity contribution in [2.45, 2.75) is 38.0 Å². The molecule has 1 saturated carbocycles. The van der Waals surface area contributed by atoms with Crippen LogP contribution >= 0.6 is 11.3 Å². The first-order valence-corrected chi connectivity index (χ1v) is 6.56. The molecular formula is C11H16N2O3S. The molecular weight excluding hydrogens is 240 g/mol. The third-order valence-corrected chi connectivity index (χ3v) is 4.07. The summed E-state index contributed by atoms with van der Waals surface area (Å²) in [5, 5.41) is 16.0. The lowest BCUT2D eigenvalue weighted by Crippen LogP contribution is -2.36. The maximum atomic E-state index is 10.5. The van der Waals surface area contributed by atoms with Crippen LogP contribution in [0.25, 0.3) is 0 Å². The molecule has 0 spiro atoms. The van der Waals surface area contributed by atoms with Gasteiger partial charge in [-0.25, -0.2) is 0 Å². The maximum absolute atomic E-state index is 10.5. The largest absolute Gasteiger partial charge is 0.380 e. The summed E-state index contributed by atoms with van der Waals surface area (Å²) in [6.07, 6.45) is 3.67. The number of nitrogens with one attached hydrogen (secondary N) is 1. The van der Waals surface area contributed by atoms with Crippen molar-refractivity contribution in [1.29, 1.82) is 0 Å². The predicted octanol–water partition coefficient (Wildman–Crippen LogP) is 2.31. The second-order valence-corrected chi connectivity index (χ2v) is 5.13. The van der Waals surface area contributed by atoms with E-state index in [1.165, 1.54) is 17.8 Å². The summed E-state index contributed by atoms with van der Waals surface area (Å²) in [6, 6.07) is 2.01. The van der Waals surface area contributed by atoms with E-state index in [1.54, 1.807) is 13.2 Å². The Morgan fingerprint density at radius 2 is 2.47 bits per heavy atom. The molecule has 1 N–H and O–H groups in total. The number of rotatable bonds is 5. The van der Waals surface area contributed by atoms with Gasteiger partial charge in [-0.1, -0.05) is 11.3 Å². The molecule has 1 aromatic heterocycles. The molecule has 1 heterocycles. The van der Waals surface area contributed by atoms with Crippen molar-refractivity contribution in [3.8, 4) is 0 Å². The van der Waals surface area contributed by atoms with Gasteiger partial charge in [0.25, 0.3) is 0 Å². The molecule has 5 nitrogen and oxygen atoms in total. The standard InChI is InChI=1S/C11H16N2O3S/c1-16-10-4-2-3-9(10)12-6-8-5-11(13(14)15)17-7-8/h5,7,9-10,12H,2-4,6H2,1H3. The minimum atomic E-state index is -0.346. The average molecular weight is 256 g/mol. The van der Waals surface area contributed by atoms with Crippen LogP contribution in [0.15, 0.2) is 11.4 Å². The molecule has 94 valence electrons. The van der Waals surface area contributed by atoms with Crippen molar-refractivity contribution < 1.29 is 9.66 Å². The highest BCUT2D eigenvalue weighted by Crippen LogP contribution is 2.24. The normalized spacial score (nSPS) is 24.1. The topological polar surface area (TPSA) is 64.4 Å². The third kappa shape index (κ3) is 3.02. The van der Waals surface area contributed by atoms with Gasteiger partial charge in [-0.3, -0.25) is 10.1 Å². The summed E-state index contributed by atoms with van der Waals surface area (Å²) in [5.74, 6) is 0. The van der Waals surface area contributed by atoms with E-state index in [2.05, 4.69) is 5.32 Å². The smallest absolute Gasteiger partial charge is 0.324 e. The van der Waals surface area contributed by atoms with Gasteiger partial charge in [0.15, 0.2) is 0 Å². The zero-order valence-electron chi connectivity index (χ0n) is 9.72. The molecule has 17 heavy (non-hydrogen) atoms. The van der Waals surface area contributed by atoms with E-state index in [0.717, 1.165) is 18.4 Å². The first-order chi connectivity index (χ1) is 8.20. The van der Waals surface area contributed by atoms with Crippen molar-refractivity contribution in [2.75, 3.05) is 7.11 Å². The molecule has 0 bridgehead atoms. The lowest BCUT2D eigenvalue weighted by Gasteiger charge is -2.19. The monoisotopic (exact) mass is 256 g/mol. The summed E-state index contributed by atoms with van der Waals surface area (Å²) in [5.41, 5.74) is 0.975. The Labute approximate surface area is 104 Å². The van der Waals surface area contributed by atoms with E-state index in [9.17, 15) is 10.1 Å². The minimum absolute atomic E-state index is 0.205. The van der Waals surface area contributed by atoms with E-state index >= 15 is 0 Å². The molecule has 1 aliphatic rings. The molecule has 0 radical (unpaired) electrons. The summed E-state index contributed by atoms with van der Waals surface area (Å²) >= 11 is 1.18. The number of nitrogens with zero attached hydrogens (tertiary/aromatic N) is 1. The molecule has 1 aromatic rings.